The Hall–Kier alpha value is -2.37. The topological polar surface area (TPSA) is 60.2 Å². The minimum atomic E-state index is 0.0211. The first-order valence-corrected chi connectivity index (χ1v) is 10.0. The third-order valence-electron chi connectivity index (χ3n) is 5.70. The van der Waals surface area contributed by atoms with Crippen LogP contribution >= 0.6 is 0 Å². The lowest BCUT2D eigenvalue weighted by Crippen LogP contribution is -2.42. The molecule has 6 heteroatoms. The molecule has 4 rings (SSSR count). The van der Waals surface area contributed by atoms with Crippen molar-refractivity contribution in [3.05, 3.63) is 41.0 Å². The van der Waals surface area contributed by atoms with Crippen molar-refractivity contribution in [2.24, 2.45) is 0 Å². The quantitative estimate of drug-likeness (QED) is 0.830. The lowest BCUT2D eigenvalue weighted by atomic mass is 10.0. The summed E-state index contributed by atoms with van der Waals surface area (Å²) in [7, 11) is 0. The molecule has 0 spiro atoms. The molecule has 0 N–H and O–H groups in total. The minimum Gasteiger partial charge on any atom is -0.483 e. The van der Waals surface area contributed by atoms with E-state index in [-0.39, 0.29) is 18.6 Å². The van der Waals surface area contributed by atoms with Crippen LogP contribution in [0.15, 0.2) is 18.2 Å². The van der Waals surface area contributed by atoms with Gasteiger partial charge in [0.15, 0.2) is 12.4 Å². The van der Waals surface area contributed by atoms with Gasteiger partial charge in [-0.2, -0.15) is 0 Å². The van der Waals surface area contributed by atoms with Gasteiger partial charge in [0.25, 0.3) is 5.91 Å². The predicted molar refractivity (Wildman–Crippen MR) is 103 cm³/mol. The molecule has 1 atom stereocenters. The summed E-state index contributed by atoms with van der Waals surface area (Å²) in [5.74, 6) is 2.86. The zero-order valence-corrected chi connectivity index (χ0v) is 16.3. The van der Waals surface area contributed by atoms with Crippen LogP contribution in [-0.4, -0.2) is 38.7 Å². The molecule has 0 aliphatic carbocycles. The lowest BCUT2D eigenvalue weighted by Gasteiger charge is -2.35. The summed E-state index contributed by atoms with van der Waals surface area (Å²) in [5.41, 5.74) is 2.18. The Morgan fingerprint density at radius 3 is 2.89 bits per heavy atom. The van der Waals surface area contributed by atoms with Crippen molar-refractivity contribution in [3.63, 3.8) is 0 Å². The van der Waals surface area contributed by atoms with E-state index in [1.807, 2.05) is 30.9 Å². The van der Waals surface area contributed by atoms with Gasteiger partial charge in [0, 0.05) is 19.5 Å². The average Bonchev–Trinajstić information content (AvgIpc) is 3.12. The summed E-state index contributed by atoms with van der Waals surface area (Å²) < 4.78 is 8.12. The summed E-state index contributed by atoms with van der Waals surface area (Å²) in [4.78, 5) is 14.9. The maximum absolute atomic E-state index is 13.0. The Kier molecular flexibility index (Phi) is 5.14. The van der Waals surface area contributed by atoms with Crippen LogP contribution in [0.1, 0.15) is 60.9 Å². The maximum atomic E-state index is 13.0. The molecule has 0 radical (unpaired) electrons. The van der Waals surface area contributed by atoms with Crippen molar-refractivity contribution < 1.29 is 9.53 Å². The highest BCUT2D eigenvalue weighted by Gasteiger charge is 2.33. The van der Waals surface area contributed by atoms with Crippen LogP contribution in [0.4, 0.5) is 0 Å². The van der Waals surface area contributed by atoms with Gasteiger partial charge in [0.05, 0.1) is 6.04 Å². The number of likely N-dealkylation sites (tertiary alicyclic amines) is 1. The van der Waals surface area contributed by atoms with E-state index in [0.29, 0.717) is 0 Å². The van der Waals surface area contributed by atoms with Gasteiger partial charge in [-0.1, -0.05) is 12.1 Å². The van der Waals surface area contributed by atoms with Crippen molar-refractivity contribution in [2.45, 2.75) is 65.0 Å². The third-order valence-corrected chi connectivity index (χ3v) is 5.70. The predicted octanol–water partition coefficient (Wildman–Crippen LogP) is 3.36. The van der Waals surface area contributed by atoms with Crippen LogP contribution in [0.5, 0.6) is 5.75 Å². The normalized spacial score (nSPS) is 19.6. The first-order chi connectivity index (χ1) is 13.1. The third kappa shape index (κ3) is 3.70. The van der Waals surface area contributed by atoms with Gasteiger partial charge in [-0.3, -0.25) is 4.79 Å². The SMILES string of the molecule is Cc1ccc(C)c(OCC(=O)N2CCCCC2c2nnc3n2CCCC3)c1. The van der Waals surface area contributed by atoms with Gasteiger partial charge in [0.1, 0.15) is 11.6 Å². The molecular weight excluding hydrogens is 340 g/mol. The van der Waals surface area contributed by atoms with Crippen molar-refractivity contribution in [3.8, 4) is 5.75 Å². The summed E-state index contributed by atoms with van der Waals surface area (Å²) in [6, 6.07) is 6.10. The fourth-order valence-corrected chi connectivity index (χ4v) is 4.16. The highest BCUT2D eigenvalue weighted by Crippen LogP contribution is 2.32. The van der Waals surface area contributed by atoms with E-state index in [1.54, 1.807) is 0 Å². The highest BCUT2D eigenvalue weighted by atomic mass is 16.5. The van der Waals surface area contributed by atoms with Gasteiger partial charge in [-0.05, 0) is 63.1 Å². The van der Waals surface area contributed by atoms with Crippen molar-refractivity contribution in [1.29, 1.82) is 0 Å². The van der Waals surface area contributed by atoms with Crippen molar-refractivity contribution >= 4 is 5.91 Å². The molecule has 0 bridgehead atoms. The van der Waals surface area contributed by atoms with Gasteiger partial charge in [-0.15, -0.1) is 10.2 Å². The van der Waals surface area contributed by atoms with Gasteiger partial charge < -0.3 is 14.2 Å². The Morgan fingerprint density at radius 2 is 2.00 bits per heavy atom. The summed E-state index contributed by atoms with van der Waals surface area (Å²) in [6.45, 7) is 5.84. The number of rotatable bonds is 4. The molecule has 2 aromatic rings. The number of hydrogen-bond acceptors (Lipinski definition) is 4. The molecule has 1 aromatic carbocycles. The number of nitrogens with zero attached hydrogens (tertiary/aromatic N) is 4. The van der Waals surface area contributed by atoms with E-state index in [1.165, 1.54) is 6.42 Å². The van der Waals surface area contributed by atoms with Gasteiger partial charge in [0.2, 0.25) is 0 Å². The summed E-state index contributed by atoms with van der Waals surface area (Å²) in [6.07, 6.45) is 6.43. The van der Waals surface area contributed by atoms with Crippen LogP contribution in [-0.2, 0) is 17.8 Å². The highest BCUT2D eigenvalue weighted by molar-refractivity contribution is 5.78. The summed E-state index contributed by atoms with van der Waals surface area (Å²) in [5, 5.41) is 8.86. The molecule has 0 saturated carbocycles. The fraction of sp³-hybridized carbons (Fsp3) is 0.571. The van der Waals surface area contributed by atoms with Crippen LogP contribution in [0.25, 0.3) is 0 Å². The number of carbonyl (C=O) groups excluding carboxylic acids is 1. The molecule has 144 valence electrons. The first-order valence-electron chi connectivity index (χ1n) is 10.0. The van der Waals surface area contributed by atoms with E-state index in [4.69, 9.17) is 4.74 Å². The molecule has 1 amide bonds. The molecule has 2 aliphatic rings. The second-order valence-corrected chi connectivity index (χ2v) is 7.74. The van der Waals surface area contributed by atoms with Crippen molar-refractivity contribution in [2.75, 3.05) is 13.2 Å². The molecular formula is C21H28N4O2. The number of carbonyl (C=O) groups is 1. The van der Waals surface area contributed by atoms with E-state index < -0.39 is 0 Å². The number of amides is 1. The van der Waals surface area contributed by atoms with Gasteiger partial charge in [-0.25, -0.2) is 0 Å². The average molecular weight is 368 g/mol. The number of piperidine rings is 1. The van der Waals surface area contributed by atoms with Crippen molar-refractivity contribution in [1.82, 2.24) is 19.7 Å². The molecule has 1 aromatic heterocycles. The number of benzene rings is 1. The number of fused-ring (bicyclic) bond motifs is 1. The largest absolute Gasteiger partial charge is 0.483 e. The van der Waals surface area contributed by atoms with Crippen LogP contribution in [0.2, 0.25) is 0 Å². The van der Waals surface area contributed by atoms with E-state index in [2.05, 4.69) is 20.8 Å². The molecule has 6 nitrogen and oxygen atoms in total. The number of ether oxygens (including phenoxy) is 1. The standard InChI is InChI=1S/C21H28N4O2/c1-15-9-10-16(2)18(13-15)27-14-20(26)24-11-5-3-7-17(24)21-23-22-19-8-4-6-12-25(19)21/h9-10,13,17H,3-8,11-12,14H2,1-2H3. The number of hydrogen-bond donors (Lipinski definition) is 0. The van der Waals surface area contributed by atoms with Crippen LogP contribution in [0.3, 0.4) is 0 Å². The zero-order chi connectivity index (χ0) is 18.8. The van der Waals surface area contributed by atoms with Gasteiger partial charge >= 0.3 is 0 Å². The Morgan fingerprint density at radius 1 is 1.15 bits per heavy atom. The fourth-order valence-electron chi connectivity index (χ4n) is 4.16. The smallest absolute Gasteiger partial charge is 0.261 e. The lowest BCUT2D eigenvalue weighted by molar-refractivity contribution is -0.137. The number of aromatic nitrogens is 3. The minimum absolute atomic E-state index is 0.0211. The molecule has 27 heavy (non-hydrogen) atoms. The van der Waals surface area contributed by atoms with Crippen LogP contribution < -0.4 is 4.74 Å². The Labute approximate surface area is 160 Å². The molecule has 3 heterocycles. The Balaban J connectivity index is 1.49. The molecule has 2 aliphatic heterocycles. The first kappa shape index (κ1) is 18.0. The molecule has 1 fully saturated rings. The Bertz CT molecular complexity index is 830. The molecule has 1 saturated heterocycles. The second-order valence-electron chi connectivity index (χ2n) is 7.74. The van der Waals surface area contributed by atoms with E-state index in [9.17, 15) is 4.79 Å². The van der Waals surface area contributed by atoms with Crippen LogP contribution in [0, 0.1) is 13.8 Å². The van der Waals surface area contributed by atoms with E-state index >= 15 is 0 Å². The number of aryl methyl sites for hydroxylation is 3. The second kappa shape index (κ2) is 7.71. The zero-order valence-electron chi connectivity index (χ0n) is 16.3. The maximum Gasteiger partial charge on any atom is 0.261 e. The monoisotopic (exact) mass is 368 g/mol. The summed E-state index contributed by atoms with van der Waals surface area (Å²) >= 11 is 0. The molecule has 1 unspecified atom stereocenters. The van der Waals surface area contributed by atoms with E-state index in [0.717, 1.165) is 73.7 Å².